The smallest absolute Gasteiger partial charge is 0.385 e. The molecule has 0 heterocycles. The zero-order valence-corrected chi connectivity index (χ0v) is 14.0. The molecule has 1 aromatic carbocycles. The Morgan fingerprint density at radius 3 is 1.84 bits per heavy atom. The molecule has 9 heteroatoms. The zero-order chi connectivity index (χ0) is 19.7. The summed E-state index contributed by atoms with van der Waals surface area (Å²) in [6.45, 7) is 5.16. The minimum Gasteiger partial charge on any atom is -0.385 e. The molecule has 0 aliphatic heterocycles. The molecule has 25 heavy (non-hydrogen) atoms. The molecule has 0 radical (unpaired) electrons. The lowest BCUT2D eigenvalue weighted by Gasteiger charge is -2.36. The third-order valence-corrected chi connectivity index (χ3v) is 3.97. The average Bonchev–Trinajstić information content (AvgIpc) is 2.46. The summed E-state index contributed by atoms with van der Waals surface area (Å²) < 4.78 is 90.7. The number of benzene rings is 1. The number of nitrogens with zero attached hydrogens (tertiary/aromatic N) is 1. The summed E-state index contributed by atoms with van der Waals surface area (Å²) in [5.41, 5.74) is -2.45. The predicted octanol–water partition coefficient (Wildman–Crippen LogP) is 4.96. The zero-order valence-electron chi connectivity index (χ0n) is 14.0. The molecule has 0 bridgehead atoms. The maximum absolute atomic E-state index is 13.7. The van der Waals surface area contributed by atoms with Crippen LogP contribution in [0.15, 0.2) is 24.3 Å². The maximum atomic E-state index is 13.7. The maximum Gasteiger partial charge on any atom is 0.459 e. The molecule has 1 rings (SSSR count). The second-order valence-electron chi connectivity index (χ2n) is 5.92. The topological polar surface area (TPSA) is 23.5 Å². The molecule has 0 saturated heterocycles. The van der Waals surface area contributed by atoms with Gasteiger partial charge in [-0.2, -0.15) is 30.7 Å². The van der Waals surface area contributed by atoms with Crippen LogP contribution in [0.4, 0.5) is 36.4 Å². The normalized spacial score (nSPS) is 15.8. The van der Waals surface area contributed by atoms with Crippen molar-refractivity contribution in [1.82, 2.24) is 0 Å². The van der Waals surface area contributed by atoms with Crippen molar-refractivity contribution in [1.29, 1.82) is 0 Å². The number of hydrogen-bond acceptors (Lipinski definition) is 2. The van der Waals surface area contributed by atoms with Crippen LogP contribution in [-0.2, 0) is 5.60 Å². The molecule has 0 spiro atoms. The van der Waals surface area contributed by atoms with Crippen LogP contribution in [-0.4, -0.2) is 36.2 Å². The summed E-state index contributed by atoms with van der Waals surface area (Å²) in [6.07, 6.45) is -8.50. The Kier molecular flexibility index (Phi) is 6.04. The lowest BCUT2D eigenvalue weighted by Crippen LogP contribution is -2.54. The molecule has 0 amide bonds. The minimum atomic E-state index is -6.43. The van der Waals surface area contributed by atoms with Crippen molar-refractivity contribution in [3.05, 3.63) is 29.8 Å². The van der Waals surface area contributed by atoms with E-state index in [0.29, 0.717) is 18.8 Å². The van der Waals surface area contributed by atoms with Gasteiger partial charge in [-0.05, 0) is 26.8 Å². The molecule has 1 aromatic rings. The lowest BCUT2D eigenvalue weighted by atomic mass is 9.86. The number of rotatable bonds is 7. The Labute approximate surface area is 141 Å². The number of halogens is 7. The summed E-state index contributed by atoms with van der Waals surface area (Å²) in [5, 5.41) is 10.4. The van der Waals surface area contributed by atoms with Crippen LogP contribution in [0.25, 0.3) is 0 Å². The first-order chi connectivity index (χ1) is 11.2. The van der Waals surface area contributed by atoms with Crippen LogP contribution in [0.5, 0.6) is 0 Å². The van der Waals surface area contributed by atoms with Gasteiger partial charge in [0.25, 0.3) is 0 Å². The predicted molar refractivity (Wildman–Crippen MR) is 80.1 cm³/mol. The van der Waals surface area contributed by atoms with Crippen molar-refractivity contribution in [3.63, 3.8) is 0 Å². The second kappa shape index (κ2) is 7.01. The fourth-order valence-electron chi connectivity index (χ4n) is 2.62. The molecular formula is C16H20F7NO. The van der Waals surface area contributed by atoms with E-state index in [2.05, 4.69) is 0 Å². The molecule has 0 aliphatic carbocycles. The fourth-order valence-corrected chi connectivity index (χ4v) is 2.62. The van der Waals surface area contributed by atoms with Gasteiger partial charge in [0, 0.05) is 24.3 Å². The molecule has 0 aliphatic rings. The summed E-state index contributed by atoms with van der Waals surface area (Å²) in [5.74, 6) is -11.7. The number of anilines is 1. The van der Waals surface area contributed by atoms with Gasteiger partial charge in [0.1, 0.15) is 0 Å². The van der Waals surface area contributed by atoms with Crippen molar-refractivity contribution in [3.8, 4) is 0 Å². The van der Waals surface area contributed by atoms with E-state index >= 15 is 0 Å². The van der Waals surface area contributed by atoms with E-state index in [1.54, 1.807) is 24.8 Å². The SMILES string of the molecule is CCN(CC)c1ccccc1C(C)(O)CC(F)(F)C(F)(F)C(F)(F)F. The van der Waals surface area contributed by atoms with E-state index in [4.69, 9.17) is 0 Å². The van der Waals surface area contributed by atoms with E-state index in [9.17, 15) is 35.8 Å². The van der Waals surface area contributed by atoms with Gasteiger partial charge < -0.3 is 10.0 Å². The van der Waals surface area contributed by atoms with Gasteiger partial charge in [0.15, 0.2) is 0 Å². The van der Waals surface area contributed by atoms with Gasteiger partial charge in [0.05, 0.1) is 12.0 Å². The van der Waals surface area contributed by atoms with E-state index < -0.39 is 30.0 Å². The third kappa shape index (κ3) is 4.19. The second-order valence-corrected chi connectivity index (χ2v) is 5.92. The van der Waals surface area contributed by atoms with Crippen LogP contribution < -0.4 is 4.90 Å². The van der Waals surface area contributed by atoms with Gasteiger partial charge in [-0.3, -0.25) is 0 Å². The molecule has 1 atom stereocenters. The number of para-hydroxylation sites is 1. The average molecular weight is 375 g/mol. The van der Waals surface area contributed by atoms with Crippen LogP contribution in [0.3, 0.4) is 0 Å². The van der Waals surface area contributed by atoms with Gasteiger partial charge in [-0.25, -0.2) is 0 Å². The first-order valence-electron chi connectivity index (χ1n) is 7.60. The highest BCUT2D eigenvalue weighted by molar-refractivity contribution is 5.56. The van der Waals surface area contributed by atoms with Crippen LogP contribution in [0.1, 0.15) is 32.8 Å². The van der Waals surface area contributed by atoms with E-state index in [-0.39, 0.29) is 5.56 Å². The van der Waals surface area contributed by atoms with E-state index in [1.807, 2.05) is 0 Å². The van der Waals surface area contributed by atoms with Gasteiger partial charge in [-0.15, -0.1) is 0 Å². The Bertz CT molecular complexity index is 580. The summed E-state index contributed by atoms with van der Waals surface area (Å²) in [7, 11) is 0. The standard InChI is InChI=1S/C16H20F7NO/c1-4-24(5-2)12-9-7-6-8-11(12)13(3,25)10-14(17,18)15(19,20)16(21,22)23/h6-9,25H,4-5,10H2,1-3H3. The molecular weight excluding hydrogens is 355 g/mol. The lowest BCUT2D eigenvalue weighted by molar-refractivity contribution is -0.361. The molecule has 2 nitrogen and oxygen atoms in total. The highest BCUT2D eigenvalue weighted by Crippen LogP contribution is 2.51. The fraction of sp³-hybridized carbons (Fsp3) is 0.625. The van der Waals surface area contributed by atoms with Crippen molar-refractivity contribution in [2.24, 2.45) is 0 Å². The van der Waals surface area contributed by atoms with Crippen molar-refractivity contribution >= 4 is 5.69 Å². The molecule has 0 aromatic heterocycles. The highest BCUT2D eigenvalue weighted by Gasteiger charge is 2.73. The van der Waals surface area contributed by atoms with Gasteiger partial charge in [0.2, 0.25) is 0 Å². The summed E-state index contributed by atoms with van der Waals surface area (Å²) in [4.78, 5) is 1.67. The number of aliphatic hydroxyl groups is 1. The Morgan fingerprint density at radius 2 is 1.40 bits per heavy atom. The molecule has 1 unspecified atom stereocenters. The minimum absolute atomic E-state index is 0.142. The molecule has 0 saturated carbocycles. The van der Waals surface area contributed by atoms with Gasteiger partial charge in [-0.1, -0.05) is 18.2 Å². The molecule has 0 fully saturated rings. The first-order valence-corrected chi connectivity index (χ1v) is 7.60. The quantitative estimate of drug-likeness (QED) is 0.681. The largest absolute Gasteiger partial charge is 0.459 e. The molecule has 1 N–H and O–H groups in total. The number of hydrogen-bond donors (Lipinski definition) is 1. The third-order valence-electron chi connectivity index (χ3n) is 3.97. The van der Waals surface area contributed by atoms with E-state index in [1.165, 1.54) is 18.2 Å². The Morgan fingerprint density at radius 1 is 0.920 bits per heavy atom. The van der Waals surface area contributed by atoms with Crippen LogP contribution in [0.2, 0.25) is 0 Å². The van der Waals surface area contributed by atoms with Crippen molar-refractivity contribution in [2.75, 3.05) is 18.0 Å². The van der Waals surface area contributed by atoms with E-state index in [0.717, 1.165) is 6.92 Å². The van der Waals surface area contributed by atoms with Crippen LogP contribution >= 0.6 is 0 Å². The highest BCUT2D eigenvalue weighted by atomic mass is 19.4. The number of alkyl halides is 7. The Hall–Kier alpha value is -1.51. The van der Waals surface area contributed by atoms with Crippen molar-refractivity contribution < 1.29 is 35.8 Å². The molecule has 144 valence electrons. The summed E-state index contributed by atoms with van der Waals surface area (Å²) >= 11 is 0. The first kappa shape index (κ1) is 21.5. The van der Waals surface area contributed by atoms with Crippen LogP contribution in [0, 0.1) is 0 Å². The monoisotopic (exact) mass is 375 g/mol. The van der Waals surface area contributed by atoms with Gasteiger partial charge >= 0.3 is 18.0 Å². The van der Waals surface area contributed by atoms with Crippen molar-refractivity contribution in [2.45, 2.75) is 50.8 Å². The Balaban J connectivity index is 3.31. The summed E-state index contributed by atoms with van der Waals surface area (Å²) in [6, 6.07) is 5.65.